The summed E-state index contributed by atoms with van der Waals surface area (Å²) >= 11 is 6.05. The highest BCUT2D eigenvalue weighted by molar-refractivity contribution is 6.33. The van der Waals surface area contributed by atoms with Gasteiger partial charge in [0.05, 0.1) is 17.3 Å². The number of nitrogens with zero attached hydrogens (tertiary/aromatic N) is 1. The molecule has 0 saturated carbocycles. The number of benzene rings is 1. The maximum atomic E-state index is 12.1. The first kappa shape index (κ1) is 13.9. The van der Waals surface area contributed by atoms with Crippen LogP contribution in [0.5, 0.6) is 0 Å². The van der Waals surface area contributed by atoms with Crippen molar-refractivity contribution in [3.63, 3.8) is 0 Å². The number of anilines is 1. The van der Waals surface area contributed by atoms with Crippen LogP contribution in [0.15, 0.2) is 24.3 Å². The Bertz CT molecular complexity index is 494. The second kappa shape index (κ2) is 6.12. The number of carbonyl (C=O) groups excluding carboxylic acids is 1. The smallest absolute Gasteiger partial charge is 0.238 e. The fourth-order valence-electron chi connectivity index (χ4n) is 3.11. The fraction of sp³-hybridized carbons (Fsp3) is 0.533. The molecule has 1 amide bonds. The van der Waals surface area contributed by atoms with E-state index < -0.39 is 0 Å². The fourth-order valence-corrected chi connectivity index (χ4v) is 3.30. The van der Waals surface area contributed by atoms with Gasteiger partial charge in [-0.25, -0.2) is 0 Å². The highest BCUT2D eigenvalue weighted by Gasteiger charge is 2.29. The molecule has 2 aliphatic heterocycles. The number of hydrogen-bond acceptors (Lipinski definition) is 3. The van der Waals surface area contributed by atoms with E-state index in [2.05, 4.69) is 15.5 Å². The molecule has 0 aliphatic carbocycles. The molecule has 2 heterocycles. The van der Waals surface area contributed by atoms with Crippen molar-refractivity contribution in [1.29, 1.82) is 0 Å². The van der Waals surface area contributed by atoms with Crippen molar-refractivity contribution in [3.05, 3.63) is 29.3 Å². The van der Waals surface area contributed by atoms with Gasteiger partial charge in [0.15, 0.2) is 0 Å². The lowest BCUT2D eigenvalue weighted by Gasteiger charge is -2.23. The van der Waals surface area contributed by atoms with E-state index in [1.54, 1.807) is 6.07 Å². The van der Waals surface area contributed by atoms with Crippen LogP contribution < -0.4 is 10.6 Å². The Balaban J connectivity index is 1.55. The molecular formula is C15H20ClN3O. The van der Waals surface area contributed by atoms with Crippen molar-refractivity contribution in [1.82, 2.24) is 10.2 Å². The highest BCUT2D eigenvalue weighted by Crippen LogP contribution is 2.22. The van der Waals surface area contributed by atoms with Crippen molar-refractivity contribution in [2.75, 3.05) is 25.0 Å². The summed E-state index contributed by atoms with van der Waals surface area (Å²) in [6.45, 7) is 2.40. The van der Waals surface area contributed by atoms with Gasteiger partial charge < -0.3 is 10.6 Å². The average Bonchev–Trinajstić information content (AvgIpc) is 2.76. The summed E-state index contributed by atoms with van der Waals surface area (Å²) in [4.78, 5) is 14.4. The van der Waals surface area contributed by atoms with Gasteiger partial charge in [-0.1, -0.05) is 23.7 Å². The van der Waals surface area contributed by atoms with Gasteiger partial charge >= 0.3 is 0 Å². The van der Waals surface area contributed by atoms with Gasteiger partial charge in [-0.05, 0) is 31.4 Å². The monoisotopic (exact) mass is 293 g/mol. The maximum absolute atomic E-state index is 12.1. The molecule has 2 aliphatic rings. The van der Waals surface area contributed by atoms with Gasteiger partial charge in [0.25, 0.3) is 0 Å². The molecule has 1 aromatic carbocycles. The van der Waals surface area contributed by atoms with E-state index in [0.717, 1.165) is 19.5 Å². The van der Waals surface area contributed by atoms with Crippen LogP contribution in [0.3, 0.4) is 0 Å². The van der Waals surface area contributed by atoms with Gasteiger partial charge in [-0.2, -0.15) is 0 Å². The predicted octanol–water partition coefficient (Wildman–Crippen LogP) is 2.10. The number of amides is 1. The van der Waals surface area contributed by atoms with Crippen LogP contribution in [0.2, 0.25) is 5.02 Å². The molecule has 108 valence electrons. The summed E-state index contributed by atoms with van der Waals surface area (Å²) in [5.41, 5.74) is 0.689. The van der Waals surface area contributed by atoms with Crippen LogP contribution in [0.4, 0.5) is 5.69 Å². The molecule has 2 bridgehead atoms. The zero-order valence-corrected chi connectivity index (χ0v) is 12.2. The van der Waals surface area contributed by atoms with Crippen molar-refractivity contribution >= 4 is 23.2 Å². The molecule has 2 atom stereocenters. The van der Waals surface area contributed by atoms with Gasteiger partial charge in [-0.15, -0.1) is 0 Å². The molecule has 5 heteroatoms. The first-order valence-electron chi connectivity index (χ1n) is 7.23. The van der Waals surface area contributed by atoms with E-state index in [9.17, 15) is 4.79 Å². The van der Waals surface area contributed by atoms with Crippen LogP contribution in [-0.4, -0.2) is 42.5 Å². The lowest BCUT2D eigenvalue weighted by atomic mass is 10.1. The molecule has 2 N–H and O–H groups in total. The van der Waals surface area contributed by atoms with Crippen LogP contribution in [-0.2, 0) is 4.79 Å². The molecule has 2 fully saturated rings. The number of hydrogen-bond donors (Lipinski definition) is 2. The minimum Gasteiger partial charge on any atom is -0.324 e. The summed E-state index contributed by atoms with van der Waals surface area (Å²) in [7, 11) is 0. The summed E-state index contributed by atoms with van der Waals surface area (Å²) in [6.07, 6.45) is 3.65. The molecule has 1 aromatic rings. The molecule has 2 unspecified atom stereocenters. The summed E-state index contributed by atoms with van der Waals surface area (Å²) in [6, 6.07) is 8.54. The van der Waals surface area contributed by atoms with E-state index in [4.69, 9.17) is 11.6 Å². The lowest BCUT2D eigenvalue weighted by molar-refractivity contribution is -0.117. The number of halogens is 1. The van der Waals surface area contributed by atoms with Crippen molar-refractivity contribution in [3.8, 4) is 0 Å². The summed E-state index contributed by atoms with van der Waals surface area (Å²) < 4.78 is 0. The number of fused-ring (bicyclic) bond motifs is 2. The third kappa shape index (κ3) is 3.32. The van der Waals surface area contributed by atoms with E-state index in [1.165, 1.54) is 12.8 Å². The van der Waals surface area contributed by atoms with Gasteiger partial charge in [0, 0.05) is 25.2 Å². The largest absolute Gasteiger partial charge is 0.324 e. The Morgan fingerprint density at radius 1 is 1.30 bits per heavy atom. The normalized spacial score (nSPS) is 26.2. The van der Waals surface area contributed by atoms with Gasteiger partial charge in [0.2, 0.25) is 5.91 Å². The lowest BCUT2D eigenvalue weighted by Crippen LogP contribution is -2.39. The number of carbonyl (C=O) groups is 1. The predicted molar refractivity (Wildman–Crippen MR) is 81.1 cm³/mol. The Hall–Kier alpha value is -1.10. The van der Waals surface area contributed by atoms with Crippen LogP contribution >= 0.6 is 11.6 Å². The van der Waals surface area contributed by atoms with E-state index in [0.29, 0.717) is 29.3 Å². The van der Waals surface area contributed by atoms with Crippen molar-refractivity contribution in [2.24, 2.45) is 0 Å². The van der Waals surface area contributed by atoms with E-state index in [-0.39, 0.29) is 5.91 Å². The Morgan fingerprint density at radius 2 is 2.10 bits per heavy atom. The first-order chi connectivity index (χ1) is 9.70. The molecule has 4 nitrogen and oxygen atoms in total. The zero-order valence-electron chi connectivity index (χ0n) is 11.4. The molecule has 0 spiro atoms. The standard InChI is InChI=1S/C15H20ClN3O/c16-13-3-1-2-4-14(13)18-15(20)10-19-8-7-11-5-6-12(9-19)17-11/h1-4,11-12,17H,5-10H2,(H,18,20). The average molecular weight is 294 g/mol. The van der Waals surface area contributed by atoms with Crippen LogP contribution in [0.25, 0.3) is 0 Å². The summed E-state index contributed by atoms with van der Waals surface area (Å²) in [5, 5.41) is 7.09. The second-order valence-electron chi connectivity index (χ2n) is 5.69. The van der Waals surface area contributed by atoms with E-state index in [1.807, 2.05) is 18.2 Å². The Kier molecular flexibility index (Phi) is 4.24. The zero-order chi connectivity index (χ0) is 13.9. The number of likely N-dealkylation sites (tertiary alicyclic amines) is 1. The minimum absolute atomic E-state index is 0.0101. The van der Waals surface area contributed by atoms with Crippen molar-refractivity contribution < 1.29 is 4.79 Å². The minimum atomic E-state index is 0.0101. The Morgan fingerprint density at radius 3 is 2.95 bits per heavy atom. The van der Waals surface area contributed by atoms with E-state index >= 15 is 0 Å². The van der Waals surface area contributed by atoms with Crippen LogP contribution in [0, 0.1) is 0 Å². The van der Waals surface area contributed by atoms with Crippen LogP contribution in [0.1, 0.15) is 19.3 Å². The Labute approximate surface area is 124 Å². The third-order valence-electron chi connectivity index (χ3n) is 4.12. The molecule has 3 rings (SSSR count). The highest BCUT2D eigenvalue weighted by atomic mass is 35.5. The van der Waals surface area contributed by atoms with Gasteiger partial charge in [0.1, 0.15) is 0 Å². The number of para-hydroxylation sites is 1. The third-order valence-corrected chi connectivity index (χ3v) is 4.45. The van der Waals surface area contributed by atoms with Gasteiger partial charge in [-0.3, -0.25) is 9.69 Å². The quantitative estimate of drug-likeness (QED) is 0.897. The number of nitrogens with one attached hydrogen (secondary N) is 2. The first-order valence-corrected chi connectivity index (χ1v) is 7.61. The summed E-state index contributed by atoms with van der Waals surface area (Å²) in [5.74, 6) is 0.0101. The topological polar surface area (TPSA) is 44.4 Å². The SMILES string of the molecule is O=C(CN1CCC2CCC(C1)N2)Nc1ccccc1Cl. The second-order valence-corrected chi connectivity index (χ2v) is 6.10. The molecule has 0 aromatic heterocycles. The molecule has 2 saturated heterocycles. The molecular weight excluding hydrogens is 274 g/mol. The molecule has 0 radical (unpaired) electrons. The number of rotatable bonds is 3. The molecule has 20 heavy (non-hydrogen) atoms. The van der Waals surface area contributed by atoms with Crippen molar-refractivity contribution in [2.45, 2.75) is 31.3 Å². The maximum Gasteiger partial charge on any atom is 0.238 e.